The van der Waals surface area contributed by atoms with Gasteiger partial charge in [0.2, 0.25) is 0 Å². The summed E-state index contributed by atoms with van der Waals surface area (Å²) >= 11 is 0. The number of aryl methyl sites for hydroxylation is 1. The average molecular weight is 168 g/mol. The second-order valence-electron chi connectivity index (χ2n) is 2.60. The molecule has 1 rings (SSSR count). The van der Waals surface area contributed by atoms with Crippen LogP contribution in [0, 0.1) is 18.6 Å². The molecule has 0 aliphatic carbocycles. The van der Waals surface area contributed by atoms with Crippen LogP contribution in [0.3, 0.4) is 0 Å². The van der Waals surface area contributed by atoms with Gasteiger partial charge in [-0.1, -0.05) is 24.3 Å². The lowest BCUT2D eigenvalue weighted by molar-refractivity contribution is 0.501. The number of allylic oxidation sites excluding steroid dienone is 1. The minimum Gasteiger partial charge on any atom is -0.203 e. The highest BCUT2D eigenvalue weighted by atomic mass is 19.2. The van der Waals surface area contributed by atoms with Crippen molar-refractivity contribution >= 4 is 6.08 Å². The Kier molecular flexibility index (Phi) is 2.58. The Balaban J connectivity index is 3.26. The van der Waals surface area contributed by atoms with E-state index in [0.29, 0.717) is 11.1 Å². The molecule has 0 saturated heterocycles. The lowest BCUT2D eigenvalue weighted by Gasteiger charge is -2.00. The third kappa shape index (κ3) is 1.52. The van der Waals surface area contributed by atoms with Crippen LogP contribution in [0.2, 0.25) is 0 Å². The van der Waals surface area contributed by atoms with Crippen molar-refractivity contribution in [2.75, 3.05) is 0 Å². The summed E-state index contributed by atoms with van der Waals surface area (Å²) < 4.78 is 25.9. The molecular weight excluding hydrogens is 158 g/mol. The van der Waals surface area contributed by atoms with Crippen molar-refractivity contribution in [3.63, 3.8) is 0 Å². The fraction of sp³-hybridized carbons (Fsp3) is 0.200. The van der Waals surface area contributed by atoms with Crippen molar-refractivity contribution in [3.05, 3.63) is 41.0 Å². The molecule has 2 heteroatoms. The monoisotopic (exact) mass is 168 g/mol. The first kappa shape index (κ1) is 8.91. The first-order valence-corrected chi connectivity index (χ1v) is 3.74. The van der Waals surface area contributed by atoms with Crippen LogP contribution >= 0.6 is 0 Å². The van der Waals surface area contributed by atoms with Crippen LogP contribution in [0.4, 0.5) is 8.78 Å². The molecule has 0 radical (unpaired) electrons. The zero-order valence-electron chi connectivity index (χ0n) is 7.07. The highest BCUT2D eigenvalue weighted by Gasteiger charge is 2.07. The lowest BCUT2D eigenvalue weighted by atomic mass is 10.1. The molecule has 0 bridgehead atoms. The van der Waals surface area contributed by atoms with Crippen molar-refractivity contribution < 1.29 is 8.78 Å². The normalized spacial score (nSPS) is 11.0. The quantitative estimate of drug-likeness (QED) is 0.603. The van der Waals surface area contributed by atoms with Crippen LogP contribution in [0.1, 0.15) is 18.1 Å². The largest absolute Gasteiger partial charge is 0.203 e. The van der Waals surface area contributed by atoms with Gasteiger partial charge in [-0.05, 0) is 19.4 Å². The van der Waals surface area contributed by atoms with E-state index < -0.39 is 11.6 Å². The predicted octanol–water partition coefficient (Wildman–Crippen LogP) is 3.31. The summed E-state index contributed by atoms with van der Waals surface area (Å²) in [4.78, 5) is 0. The van der Waals surface area contributed by atoms with Gasteiger partial charge < -0.3 is 0 Å². The van der Waals surface area contributed by atoms with E-state index in [1.165, 1.54) is 13.0 Å². The summed E-state index contributed by atoms with van der Waals surface area (Å²) in [6.07, 6.45) is 3.21. The van der Waals surface area contributed by atoms with Gasteiger partial charge in [-0.2, -0.15) is 0 Å². The van der Waals surface area contributed by atoms with Gasteiger partial charge in [0.15, 0.2) is 11.6 Å². The molecule has 1 aromatic rings. The molecule has 0 N–H and O–H groups in total. The molecular formula is C10H10F2. The Morgan fingerprint density at radius 3 is 2.42 bits per heavy atom. The molecule has 0 nitrogen and oxygen atoms in total. The molecule has 0 aliphatic rings. The van der Waals surface area contributed by atoms with E-state index in [4.69, 9.17) is 0 Å². The topological polar surface area (TPSA) is 0 Å². The Morgan fingerprint density at radius 2 is 1.83 bits per heavy atom. The Hall–Kier alpha value is -1.18. The van der Waals surface area contributed by atoms with Gasteiger partial charge in [0.05, 0.1) is 0 Å². The van der Waals surface area contributed by atoms with Crippen molar-refractivity contribution in [2.24, 2.45) is 0 Å². The molecule has 0 aliphatic heterocycles. The second kappa shape index (κ2) is 3.48. The molecule has 64 valence electrons. The summed E-state index contributed by atoms with van der Waals surface area (Å²) in [6, 6.07) is 3.13. The molecule has 0 saturated carbocycles. The van der Waals surface area contributed by atoms with E-state index in [2.05, 4.69) is 0 Å². The number of hydrogen-bond donors (Lipinski definition) is 0. The second-order valence-corrected chi connectivity index (χ2v) is 2.60. The Labute approximate surface area is 70.5 Å². The number of halogens is 2. The van der Waals surface area contributed by atoms with Crippen LogP contribution in [0.15, 0.2) is 18.2 Å². The van der Waals surface area contributed by atoms with Crippen molar-refractivity contribution in [3.8, 4) is 0 Å². The molecule has 0 atom stereocenters. The van der Waals surface area contributed by atoms with E-state index in [0.717, 1.165) is 0 Å². The van der Waals surface area contributed by atoms with E-state index in [1.807, 2.05) is 0 Å². The van der Waals surface area contributed by atoms with E-state index in [-0.39, 0.29) is 0 Å². The minimum atomic E-state index is -0.770. The molecule has 0 spiro atoms. The number of hydrogen-bond acceptors (Lipinski definition) is 0. The maximum Gasteiger partial charge on any atom is 0.166 e. The average Bonchev–Trinajstić information content (AvgIpc) is 2.07. The highest BCUT2D eigenvalue weighted by Crippen LogP contribution is 2.16. The Morgan fingerprint density at radius 1 is 1.17 bits per heavy atom. The SMILES string of the molecule is C/C=C/c1ccc(C)c(F)c1F. The fourth-order valence-corrected chi connectivity index (χ4v) is 0.969. The zero-order chi connectivity index (χ0) is 9.14. The standard InChI is InChI=1S/C10H10F2/c1-3-4-8-6-5-7(2)9(11)10(8)12/h3-6H,1-2H3/b4-3+. The molecule has 0 aromatic heterocycles. The third-order valence-corrected chi connectivity index (χ3v) is 1.65. The summed E-state index contributed by atoms with van der Waals surface area (Å²) in [5.41, 5.74) is 0.626. The number of benzene rings is 1. The van der Waals surface area contributed by atoms with E-state index in [1.54, 1.807) is 25.1 Å². The molecule has 0 amide bonds. The molecule has 0 fully saturated rings. The van der Waals surface area contributed by atoms with Crippen molar-refractivity contribution in [1.82, 2.24) is 0 Å². The summed E-state index contributed by atoms with van der Waals surface area (Å²) in [6.45, 7) is 3.30. The van der Waals surface area contributed by atoms with Crippen LogP contribution in [0.5, 0.6) is 0 Å². The maximum absolute atomic E-state index is 13.0. The lowest BCUT2D eigenvalue weighted by Crippen LogP contribution is -1.91. The van der Waals surface area contributed by atoms with Gasteiger partial charge in [0, 0.05) is 5.56 Å². The fourth-order valence-electron chi connectivity index (χ4n) is 0.969. The van der Waals surface area contributed by atoms with Gasteiger partial charge in [0.1, 0.15) is 0 Å². The predicted molar refractivity (Wildman–Crippen MR) is 45.8 cm³/mol. The molecule has 0 heterocycles. The summed E-state index contributed by atoms with van der Waals surface area (Å²) in [5, 5.41) is 0. The van der Waals surface area contributed by atoms with Crippen LogP contribution in [0.25, 0.3) is 6.08 Å². The van der Waals surface area contributed by atoms with Gasteiger partial charge in [0.25, 0.3) is 0 Å². The van der Waals surface area contributed by atoms with Gasteiger partial charge >= 0.3 is 0 Å². The van der Waals surface area contributed by atoms with Crippen molar-refractivity contribution in [1.29, 1.82) is 0 Å². The zero-order valence-corrected chi connectivity index (χ0v) is 7.07. The molecule has 12 heavy (non-hydrogen) atoms. The van der Waals surface area contributed by atoms with Crippen LogP contribution < -0.4 is 0 Å². The highest BCUT2D eigenvalue weighted by molar-refractivity contribution is 5.50. The van der Waals surface area contributed by atoms with Crippen LogP contribution in [-0.4, -0.2) is 0 Å². The number of rotatable bonds is 1. The minimum absolute atomic E-state index is 0.292. The first-order valence-electron chi connectivity index (χ1n) is 3.74. The van der Waals surface area contributed by atoms with Crippen molar-refractivity contribution in [2.45, 2.75) is 13.8 Å². The summed E-state index contributed by atoms with van der Waals surface area (Å²) in [7, 11) is 0. The van der Waals surface area contributed by atoms with Gasteiger partial charge in [-0.15, -0.1) is 0 Å². The van der Waals surface area contributed by atoms with E-state index >= 15 is 0 Å². The van der Waals surface area contributed by atoms with Gasteiger partial charge in [-0.25, -0.2) is 8.78 Å². The van der Waals surface area contributed by atoms with Crippen LogP contribution in [-0.2, 0) is 0 Å². The first-order chi connectivity index (χ1) is 5.66. The molecule has 1 aromatic carbocycles. The summed E-state index contributed by atoms with van der Waals surface area (Å²) in [5.74, 6) is -1.53. The maximum atomic E-state index is 13.0. The van der Waals surface area contributed by atoms with E-state index in [9.17, 15) is 8.78 Å². The molecule has 0 unspecified atom stereocenters. The smallest absolute Gasteiger partial charge is 0.166 e. The van der Waals surface area contributed by atoms with Gasteiger partial charge in [-0.3, -0.25) is 0 Å². The Bertz CT molecular complexity index is 314. The third-order valence-electron chi connectivity index (χ3n) is 1.65.